The lowest BCUT2D eigenvalue weighted by Crippen LogP contribution is -2.37. The molecule has 3 N–H and O–H groups in total. The van der Waals surface area contributed by atoms with E-state index in [-0.39, 0.29) is 5.91 Å². The van der Waals surface area contributed by atoms with Gasteiger partial charge in [0.05, 0.1) is 6.61 Å². The van der Waals surface area contributed by atoms with Gasteiger partial charge in [-0.2, -0.15) is 0 Å². The van der Waals surface area contributed by atoms with Crippen molar-refractivity contribution < 1.29 is 14.3 Å². The van der Waals surface area contributed by atoms with Crippen LogP contribution in [0.4, 0.5) is 5.69 Å². The van der Waals surface area contributed by atoms with Gasteiger partial charge in [-0.05, 0) is 24.3 Å². The molecular weight excluding hydrogens is 356 g/mol. The number of anilines is 1. The summed E-state index contributed by atoms with van der Waals surface area (Å²) in [6, 6.07) is 16.8. The van der Waals surface area contributed by atoms with Crippen molar-refractivity contribution in [1.29, 1.82) is 0 Å². The summed E-state index contributed by atoms with van der Waals surface area (Å²) in [4.78, 5) is 16.2. The SMILES string of the molecule is CN=C(NCCNC(=O)c1ccccc1)Nc1cccc(OCCCOC)c1. The minimum Gasteiger partial charge on any atom is -0.493 e. The summed E-state index contributed by atoms with van der Waals surface area (Å²) in [5.74, 6) is 1.31. The number of hydrogen-bond donors (Lipinski definition) is 3. The first-order chi connectivity index (χ1) is 13.7. The van der Waals surface area contributed by atoms with Crippen LogP contribution in [0.25, 0.3) is 0 Å². The Morgan fingerprint density at radius 2 is 1.79 bits per heavy atom. The topological polar surface area (TPSA) is 84.0 Å². The van der Waals surface area contributed by atoms with Crippen molar-refractivity contribution in [2.45, 2.75) is 6.42 Å². The smallest absolute Gasteiger partial charge is 0.251 e. The average molecular weight is 384 g/mol. The van der Waals surface area contributed by atoms with E-state index < -0.39 is 0 Å². The molecule has 0 aliphatic heterocycles. The monoisotopic (exact) mass is 384 g/mol. The normalized spacial score (nSPS) is 11.0. The van der Waals surface area contributed by atoms with Crippen molar-refractivity contribution in [1.82, 2.24) is 10.6 Å². The molecule has 150 valence electrons. The molecule has 0 radical (unpaired) electrons. The lowest BCUT2D eigenvalue weighted by molar-refractivity contribution is 0.0954. The number of nitrogens with zero attached hydrogens (tertiary/aromatic N) is 1. The molecule has 0 aliphatic carbocycles. The highest BCUT2D eigenvalue weighted by Gasteiger charge is 2.04. The van der Waals surface area contributed by atoms with Gasteiger partial charge in [0.1, 0.15) is 5.75 Å². The van der Waals surface area contributed by atoms with Gasteiger partial charge in [0.2, 0.25) is 0 Å². The van der Waals surface area contributed by atoms with Gasteiger partial charge in [-0.1, -0.05) is 24.3 Å². The molecule has 2 rings (SSSR count). The van der Waals surface area contributed by atoms with Gasteiger partial charge in [0.25, 0.3) is 5.91 Å². The Balaban J connectivity index is 1.74. The quantitative estimate of drug-likeness (QED) is 0.333. The van der Waals surface area contributed by atoms with E-state index in [1.807, 2.05) is 42.5 Å². The number of benzene rings is 2. The third kappa shape index (κ3) is 7.67. The maximum Gasteiger partial charge on any atom is 0.251 e. The molecule has 7 heteroatoms. The largest absolute Gasteiger partial charge is 0.493 e. The fourth-order valence-corrected chi connectivity index (χ4v) is 2.42. The first-order valence-electron chi connectivity index (χ1n) is 9.25. The Hall–Kier alpha value is -3.06. The van der Waals surface area contributed by atoms with E-state index in [9.17, 15) is 4.79 Å². The molecule has 0 heterocycles. The van der Waals surface area contributed by atoms with Crippen LogP contribution in [0.5, 0.6) is 5.75 Å². The van der Waals surface area contributed by atoms with E-state index in [1.54, 1.807) is 26.3 Å². The van der Waals surface area contributed by atoms with Crippen molar-refractivity contribution in [2.75, 3.05) is 45.8 Å². The van der Waals surface area contributed by atoms with Gasteiger partial charge in [0, 0.05) is 57.6 Å². The highest BCUT2D eigenvalue weighted by molar-refractivity contribution is 5.95. The molecule has 2 aromatic rings. The Kier molecular flexibility index (Phi) is 9.37. The Bertz CT molecular complexity index is 750. The zero-order valence-electron chi connectivity index (χ0n) is 16.4. The van der Waals surface area contributed by atoms with Crippen molar-refractivity contribution in [3.63, 3.8) is 0 Å². The predicted molar refractivity (Wildman–Crippen MR) is 112 cm³/mol. The van der Waals surface area contributed by atoms with Crippen molar-refractivity contribution in [3.05, 3.63) is 60.2 Å². The molecule has 0 fully saturated rings. The molecule has 0 saturated heterocycles. The van der Waals surface area contributed by atoms with Crippen LogP contribution in [-0.2, 0) is 4.74 Å². The molecule has 0 unspecified atom stereocenters. The summed E-state index contributed by atoms with van der Waals surface area (Å²) < 4.78 is 10.7. The predicted octanol–water partition coefficient (Wildman–Crippen LogP) is 2.52. The molecule has 0 atom stereocenters. The summed E-state index contributed by atoms with van der Waals surface area (Å²) in [6.07, 6.45) is 0.839. The maximum atomic E-state index is 12.0. The third-order valence-electron chi connectivity index (χ3n) is 3.82. The maximum absolute atomic E-state index is 12.0. The third-order valence-corrected chi connectivity index (χ3v) is 3.82. The Morgan fingerprint density at radius 1 is 1.00 bits per heavy atom. The van der Waals surface area contributed by atoms with Crippen LogP contribution in [0.1, 0.15) is 16.8 Å². The minimum absolute atomic E-state index is 0.0938. The van der Waals surface area contributed by atoms with Crippen LogP contribution >= 0.6 is 0 Å². The summed E-state index contributed by atoms with van der Waals surface area (Å²) >= 11 is 0. The number of methoxy groups -OCH3 is 1. The molecule has 0 aliphatic rings. The molecule has 7 nitrogen and oxygen atoms in total. The standard InChI is InChI=1S/C21H28N4O3/c1-22-21(24-13-12-23-20(26)17-8-4-3-5-9-17)25-18-10-6-11-19(16-18)28-15-7-14-27-2/h3-6,8-11,16H,7,12-15H2,1-2H3,(H,23,26)(H2,22,24,25). The number of carbonyl (C=O) groups is 1. The van der Waals surface area contributed by atoms with Gasteiger partial charge >= 0.3 is 0 Å². The van der Waals surface area contributed by atoms with E-state index in [1.165, 1.54) is 0 Å². The number of rotatable bonds is 10. The van der Waals surface area contributed by atoms with Crippen LogP contribution < -0.4 is 20.7 Å². The number of ether oxygens (including phenoxy) is 2. The number of aliphatic imine (C=N–C) groups is 1. The van der Waals surface area contributed by atoms with Gasteiger partial charge in [0.15, 0.2) is 5.96 Å². The van der Waals surface area contributed by atoms with Gasteiger partial charge in [-0.15, -0.1) is 0 Å². The number of carbonyl (C=O) groups excluding carboxylic acids is 1. The second kappa shape index (κ2) is 12.3. The zero-order chi connectivity index (χ0) is 20.0. The lowest BCUT2D eigenvalue weighted by Gasteiger charge is -2.13. The first-order valence-corrected chi connectivity index (χ1v) is 9.25. The van der Waals surface area contributed by atoms with E-state index in [0.717, 1.165) is 17.9 Å². The fraction of sp³-hybridized carbons (Fsp3) is 0.333. The lowest BCUT2D eigenvalue weighted by atomic mass is 10.2. The van der Waals surface area contributed by atoms with E-state index in [4.69, 9.17) is 9.47 Å². The minimum atomic E-state index is -0.0938. The Labute approximate surface area is 166 Å². The second-order valence-corrected chi connectivity index (χ2v) is 5.97. The molecule has 28 heavy (non-hydrogen) atoms. The number of guanidine groups is 1. The second-order valence-electron chi connectivity index (χ2n) is 5.97. The first kappa shape index (κ1) is 21.2. The molecule has 2 aromatic carbocycles. The van der Waals surface area contributed by atoms with Crippen LogP contribution in [0.3, 0.4) is 0 Å². The molecule has 0 spiro atoms. The van der Waals surface area contributed by atoms with E-state index in [2.05, 4.69) is 20.9 Å². The summed E-state index contributed by atoms with van der Waals surface area (Å²) in [5.41, 5.74) is 1.51. The molecule has 0 bridgehead atoms. The van der Waals surface area contributed by atoms with Gasteiger partial charge in [-0.3, -0.25) is 9.79 Å². The van der Waals surface area contributed by atoms with Crippen molar-refractivity contribution in [2.24, 2.45) is 4.99 Å². The summed E-state index contributed by atoms with van der Waals surface area (Å²) in [7, 11) is 3.37. The van der Waals surface area contributed by atoms with Crippen LogP contribution in [0, 0.1) is 0 Å². The van der Waals surface area contributed by atoms with Crippen LogP contribution in [-0.4, -0.2) is 52.3 Å². The zero-order valence-corrected chi connectivity index (χ0v) is 16.4. The summed E-state index contributed by atoms with van der Waals surface area (Å²) in [6.45, 7) is 2.31. The molecule has 0 aromatic heterocycles. The highest BCUT2D eigenvalue weighted by Crippen LogP contribution is 2.17. The van der Waals surface area contributed by atoms with E-state index in [0.29, 0.717) is 37.8 Å². The van der Waals surface area contributed by atoms with E-state index >= 15 is 0 Å². The van der Waals surface area contributed by atoms with Gasteiger partial charge < -0.3 is 25.4 Å². The van der Waals surface area contributed by atoms with Gasteiger partial charge in [-0.25, -0.2) is 0 Å². The Morgan fingerprint density at radius 3 is 2.54 bits per heavy atom. The average Bonchev–Trinajstić information content (AvgIpc) is 2.74. The fourth-order valence-electron chi connectivity index (χ4n) is 2.42. The number of nitrogens with one attached hydrogen (secondary N) is 3. The van der Waals surface area contributed by atoms with Crippen LogP contribution in [0.15, 0.2) is 59.6 Å². The molecule has 1 amide bonds. The number of amides is 1. The van der Waals surface area contributed by atoms with Crippen LogP contribution in [0.2, 0.25) is 0 Å². The molecule has 0 saturated carbocycles. The number of hydrogen-bond acceptors (Lipinski definition) is 4. The van der Waals surface area contributed by atoms with Crippen molar-refractivity contribution in [3.8, 4) is 5.75 Å². The summed E-state index contributed by atoms with van der Waals surface area (Å²) in [5, 5.41) is 9.25. The van der Waals surface area contributed by atoms with Crippen molar-refractivity contribution >= 4 is 17.6 Å². The molecular formula is C21H28N4O3. The highest BCUT2D eigenvalue weighted by atomic mass is 16.5.